The van der Waals surface area contributed by atoms with Crippen molar-refractivity contribution in [2.75, 3.05) is 6.54 Å². The first-order valence-electron chi connectivity index (χ1n) is 10.8. The number of hydrogen-bond donors (Lipinski definition) is 2. The van der Waals surface area contributed by atoms with Crippen LogP contribution in [0, 0.1) is 11.8 Å². The lowest BCUT2D eigenvalue weighted by molar-refractivity contribution is 0.315. The van der Waals surface area contributed by atoms with Crippen molar-refractivity contribution in [2.24, 2.45) is 16.8 Å². The molecule has 3 atom stereocenters. The maximum atomic E-state index is 4.70. The predicted octanol–water partition coefficient (Wildman–Crippen LogP) is 3.30. The van der Waals surface area contributed by atoms with Gasteiger partial charge in [-0.15, -0.1) is 24.0 Å². The molecule has 7 heteroatoms. The fourth-order valence-electron chi connectivity index (χ4n) is 4.75. The molecule has 0 radical (unpaired) electrons. The third kappa shape index (κ3) is 5.15. The summed E-state index contributed by atoms with van der Waals surface area (Å²) in [4.78, 5) is 9.32. The molecule has 2 aliphatic carbocycles. The van der Waals surface area contributed by atoms with Gasteiger partial charge in [0.2, 0.25) is 0 Å². The van der Waals surface area contributed by atoms with Crippen LogP contribution in [0.25, 0.3) is 0 Å². The molecule has 6 nitrogen and oxygen atoms in total. The Bertz CT molecular complexity index is 636. The maximum Gasteiger partial charge on any atom is 0.191 e. The van der Waals surface area contributed by atoms with E-state index in [0.29, 0.717) is 12.1 Å². The molecule has 1 aliphatic heterocycles. The van der Waals surface area contributed by atoms with Crippen molar-refractivity contribution in [3.8, 4) is 0 Å². The molecule has 0 saturated heterocycles. The van der Waals surface area contributed by atoms with Gasteiger partial charge in [0.1, 0.15) is 5.82 Å². The van der Waals surface area contributed by atoms with Crippen molar-refractivity contribution in [3.05, 3.63) is 11.6 Å². The minimum absolute atomic E-state index is 0. The first-order chi connectivity index (χ1) is 12.8. The first-order valence-corrected chi connectivity index (χ1v) is 10.8. The number of fused-ring (bicyclic) bond motifs is 1. The van der Waals surface area contributed by atoms with Gasteiger partial charge in [-0.2, -0.15) is 5.10 Å². The largest absolute Gasteiger partial charge is 0.353 e. The summed E-state index contributed by atoms with van der Waals surface area (Å²) in [5, 5.41) is 12.0. The van der Waals surface area contributed by atoms with Crippen molar-refractivity contribution in [1.29, 1.82) is 0 Å². The molecule has 0 bridgehead atoms. The Morgan fingerprint density at radius 1 is 1.15 bits per heavy atom. The first kappa shape index (κ1) is 20.9. The van der Waals surface area contributed by atoms with Gasteiger partial charge in [0.15, 0.2) is 11.8 Å². The smallest absolute Gasteiger partial charge is 0.191 e. The minimum atomic E-state index is 0. The molecule has 4 rings (SSSR count). The van der Waals surface area contributed by atoms with Crippen LogP contribution in [0.3, 0.4) is 0 Å². The summed E-state index contributed by atoms with van der Waals surface area (Å²) in [6, 6.07) is 1.02. The average Bonchev–Trinajstić information content (AvgIpc) is 3.30. The van der Waals surface area contributed by atoms with Crippen molar-refractivity contribution < 1.29 is 0 Å². The zero-order valence-corrected chi connectivity index (χ0v) is 19.1. The number of nitrogens with one attached hydrogen (secondary N) is 2. The lowest BCUT2D eigenvalue weighted by Crippen LogP contribution is -2.48. The molecule has 1 aromatic heterocycles. The van der Waals surface area contributed by atoms with E-state index < -0.39 is 0 Å². The second-order valence-corrected chi connectivity index (χ2v) is 8.23. The second-order valence-electron chi connectivity index (χ2n) is 8.23. The van der Waals surface area contributed by atoms with Gasteiger partial charge in [-0.25, -0.2) is 9.67 Å². The van der Waals surface area contributed by atoms with Crippen LogP contribution in [0.5, 0.6) is 0 Å². The summed E-state index contributed by atoms with van der Waals surface area (Å²) in [5.41, 5.74) is 0. The molecular weight excluding hydrogens is 451 g/mol. The monoisotopic (exact) mass is 486 g/mol. The van der Waals surface area contributed by atoms with Crippen LogP contribution in [0.4, 0.5) is 0 Å². The lowest BCUT2D eigenvalue weighted by atomic mass is 9.85. The van der Waals surface area contributed by atoms with E-state index in [9.17, 15) is 0 Å². The molecular formula is C20H35IN6. The third-order valence-corrected chi connectivity index (χ3v) is 6.29. The number of aryl methyl sites for hydroxylation is 2. The van der Waals surface area contributed by atoms with Gasteiger partial charge in [-0.3, -0.25) is 4.99 Å². The Morgan fingerprint density at radius 2 is 1.96 bits per heavy atom. The molecule has 2 saturated carbocycles. The standard InChI is InChI=1S/C20H34N6.HI/c1-3-18-24-19-11-10-15(13-26(19)25-18)22-20(21-4-2)23-17-12-16(17)14-8-6-5-7-9-14;/h14-17H,3-13H2,1-2H3,(H2,21,22,23);1H. The van der Waals surface area contributed by atoms with Crippen LogP contribution >= 0.6 is 24.0 Å². The minimum Gasteiger partial charge on any atom is -0.353 e. The summed E-state index contributed by atoms with van der Waals surface area (Å²) in [6.07, 6.45) is 11.5. The Morgan fingerprint density at radius 3 is 2.70 bits per heavy atom. The van der Waals surface area contributed by atoms with E-state index in [0.717, 1.165) is 61.8 Å². The normalized spacial score (nSPS) is 28.2. The van der Waals surface area contributed by atoms with Crippen molar-refractivity contribution in [3.63, 3.8) is 0 Å². The van der Waals surface area contributed by atoms with Gasteiger partial charge in [0.25, 0.3) is 0 Å². The van der Waals surface area contributed by atoms with Crippen LogP contribution in [0.2, 0.25) is 0 Å². The summed E-state index contributed by atoms with van der Waals surface area (Å²) < 4.78 is 2.09. The van der Waals surface area contributed by atoms with Gasteiger partial charge in [0, 0.05) is 31.5 Å². The Kier molecular flexibility index (Phi) is 7.39. The second kappa shape index (κ2) is 9.56. The molecule has 152 valence electrons. The molecule has 2 fully saturated rings. The molecule has 27 heavy (non-hydrogen) atoms. The van der Waals surface area contributed by atoms with Gasteiger partial charge < -0.3 is 10.6 Å². The quantitative estimate of drug-likeness (QED) is 0.381. The van der Waals surface area contributed by atoms with E-state index in [1.165, 1.54) is 38.5 Å². The van der Waals surface area contributed by atoms with E-state index in [1.54, 1.807) is 0 Å². The van der Waals surface area contributed by atoms with E-state index in [2.05, 4.69) is 39.2 Å². The number of nitrogens with zero attached hydrogens (tertiary/aromatic N) is 4. The van der Waals surface area contributed by atoms with E-state index in [-0.39, 0.29) is 24.0 Å². The number of halogens is 1. The summed E-state index contributed by atoms with van der Waals surface area (Å²) in [5.74, 6) is 4.93. The Hall–Kier alpha value is -0.860. The average molecular weight is 486 g/mol. The summed E-state index contributed by atoms with van der Waals surface area (Å²) in [7, 11) is 0. The highest BCUT2D eigenvalue weighted by atomic mass is 127. The predicted molar refractivity (Wildman–Crippen MR) is 120 cm³/mol. The molecule has 0 amide bonds. The van der Waals surface area contributed by atoms with Crippen molar-refractivity contribution in [2.45, 2.75) is 90.3 Å². The number of rotatable bonds is 5. The van der Waals surface area contributed by atoms with Crippen LogP contribution in [0.15, 0.2) is 4.99 Å². The summed E-state index contributed by atoms with van der Waals surface area (Å²) in [6.45, 7) is 5.94. The van der Waals surface area contributed by atoms with E-state index in [1.807, 2.05) is 0 Å². The lowest BCUT2D eigenvalue weighted by Gasteiger charge is -2.26. The molecule has 1 aromatic rings. The van der Waals surface area contributed by atoms with Crippen LogP contribution in [-0.2, 0) is 19.4 Å². The van der Waals surface area contributed by atoms with E-state index >= 15 is 0 Å². The van der Waals surface area contributed by atoms with Gasteiger partial charge in [-0.05, 0) is 31.6 Å². The molecule has 2 heterocycles. The fraction of sp³-hybridized carbons (Fsp3) is 0.850. The molecule has 0 aromatic carbocycles. The van der Waals surface area contributed by atoms with Crippen LogP contribution in [-0.4, -0.2) is 39.4 Å². The Balaban J connectivity index is 0.00000210. The van der Waals surface area contributed by atoms with Crippen LogP contribution < -0.4 is 10.6 Å². The number of hydrogen-bond acceptors (Lipinski definition) is 3. The van der Waals surface area contributed by atoms with E-state index in [4.69, 9.17) is 4.99 Å². The molecule has 3 unspecified atom stereocenters. The number of guanidine groups is 1. The van der Waals surface area contributed by atoms with Crippen molar-refractivity contribution in [1.82, 2.24) is 25.4 Å². The number of aliphatic imine (C=N–C) groups is 1. The SMILES string of the molecule is CCN=C(NC1CCc2nc(CC)nn2C1)NC1CC1C1CCCCC1.I. The van der Waals surface area contributed by atoms with Gasteiger partial charge in [-0.1, -0.05) is 39.0 Å². The zero-order chi connectivity index (χ0) is 17.9. The highest BCUT2D eigenvalue weighted by Gasteiger charge is 2.43. The maximum absolute atomic E-state index is 4.70. The highest BCUT2D eigenvalue weighted by molar-refractivity contribution is 14.0. The molecule has 2 N–H and O–H groups in total. The fourth-order valence-corrected chi connectivity index (χ4v) is 4.75. The highest BCUT2D eigenvalue weighted by Crippen LogP contribution is 2.44. The van der Waals surface area contributed by atoms with Gasteiger partial charge in [0.05, 0.1) is 6.54 Å². The topological polar surface area (TPSA) is 67.1 Å². The van der Waals surface area contributed by atoms with Crippen LogP contribution in [0.1, 0.15) is 70.4 Å². The molecule has 0 spiro atoms. The number of aromatic nitrogens is 3. The van der Waals surface area contributed by atoms with Gasteiger partial charge >= 0.3 is 0 Å². The Labute approximate surface area is 180 Å². The summed E-state index contributed by atoms with van der Waals surface area (Å²) >= 11 is 0. The third-order valence-electron chi connectivity index (χ3n) is 6.29. The molecule has 3 aliphatic rings. The van der Waals surface area contributed by atoms with Crippen molar-refractivity contribution >= 4 is 29.9 Å². The zero-order valence-electron chi connectivity index (χ0n) is 16.8.